The summed E-state index contributed by atoms with van der Waals surface area (Å²) in [5.74, 6) is -0.362. The number of sulfonamides is 1. The number of nitrogen functional groups attached to an aromatic ring is 1. The van der Waals surface area contributed by atoms with Crippen LogP contribution in [-0.4, -0.2) is 15.0 Å². The number of anilines is 1. The fourth-order valence-corrected chi connectivity index (χ4v) is 3.39. The van der Waals surface area contributed by atoms with E-state index >= 15 is 0 Å². The van der Waals surface area contributed by atoms with Crippen LogP contribution in [0.4, 0.5) is 10.1 Å². The lowest BCUT2D eigenvalue weighted by molar-refractivity contribution is 0.577. The van der Waals surface area contributed by atoms with Crippen LogP contribution in [-0.2, 0) is 16.4 Å². The molecule has 0 aromatic heterocycles. The summed E-state index contributed by atoms with van der Waals surface area (Å²) in [7, 11) is -3.78. The Labute approximate surface area is 127 Å². The van der Waals surface area contributed by atoms with Gasteiger partial charge in [-0.25, -0.2) is 17.5 Å². The lowest BCUT2D eigenvalue weighted by Crippen LogP contribution is -2.26. The summed E-state index contributed by atoms with van der Waals surface area (Å²) >= 11 is 5.87. The quantitative estimate of drug-likeness (QED) is 0.829. The number of halogens is 2. The van der Waals surface area contributed by atoms with Gasteiger partial charge in [0, 0.05) is 12.2 Å². The zero-order valence-electron chi connectivity index (χ0n) is 11.0. The summed E-state index contributed by atoms with van der Waals surface area (Å²) in [6.07, 6.45) is 0.242. The van der Waals surface area contributed by atoms with Crippen molar-refractivity contribution in [3.63, 3.8) is 0 Å². The normalized spacial score (nSPS) is 11.5. The Bertz CT molecular complexity index is 750. The molecule has 0 spiro atoms. The standard InChI is InChI=1S/C14H14ClFN2O2S/c15-12-6-5-11(17)9-14(12)21(19,20)18-8-7-10-3-1-2-4-13(10)16/h1-6,9,18H,7-8,17H2. The van der Waals surface area contributed by atoms with Gasteiger partial charge < -0.3 is 5.73 Å². The van der Waals surface area contributed by atoms with E-state index in [0.717, 1.165) is 0 Å². The van der Waals surface area contributed by atoms with Crippen molar-refractivity contribution in [3.05, 3.63) is 58.9 Å². The van der Waals surface area contributed by atoms with Crippen molar-refractivity contribution in [3.8, 4) is 0 Å². The van der Waals surface area contributed by atoms with Crippen molar-refractivity contribution < 1.29 is 12.8 Å². The fraction of sp³-hybridized carbons (Fsp3) is 0.143. The average molecular weight is 329 g/mol. The molecule has 0 unspecified atom stereocenters. The van der Waals surface area contributed by atoms with Crippen LogP contribution in [0.1, 0.15) is 5.56 Å². The van der Waals surface area contributed by atoms with Gasteiger partial charge in [0.25, 0.3) is 0 Å². The fourth-order valence-electron chi connectivity index (χ4n) is 1.82. The number of rotatable bonds is 5. The van der Waals surface area contributed by atoms with E-state index in [1.54, 1.807) is 18.2 Å². The van der Waals surface area contributed by atoms with Crippen LogP contribution in [0.15, 0.2) is 47.4 Å². The van der Waals surface area contributed by atoms with Crippen LogP contribution in [0.5, 0.6) is 0 Å². The maximum Gasteiger partial charge on any atom is 0.242 e. The Morgan fingerprint density at radius 2 is 1.90 bits per heavy atom. The van der Waals surface area contributed by atoms with Gasteiger partial charge in [-0.05, 0) is 36.2 Å². The van der Waals surface area contributed by atoms with E-state index in [1.807, 2.05) is 0 Å². The average Bonchev–Trinajstić information content (AvgIpc) is 2.43. The van der Waals surface area contributed by atoms with Crippen molar-refractivity contribution in [1.82, 2.24) is 4.72 Å². The molecule has 0 saturated heterocycles. The summed E-state index contributed by atoms with van der Waals surface area (Å²) in [4.78, 5) is -0.0855. The van der Waals surface area contributed by atoms with Crippen LogP contribution >= 0.6 is 11.6 Å². The number of hydrogen-bond donors (Lipinski definition) is 2. The first-order valence-electron chi connectivity index (χ1n) is 6.18. The van der Waals surface area contributed by atoms with Crippen LogP contribution in [0, 0.1) is 5.82 Å². The van der Waals surface area contributed by atoms with Crippen LogP contribution in [0.25, 0.3) is 0 Å². The predicted octanol–water partition coefficient (Wildman–Crippen LogP) is 2.58. The van der Waals surface area contributed by atoms with Gasteiger partial charge in [0.1, 0.15) is 10.7 Å². The maximum absolute atomic E-state index is 13.4. The van der Waals surface area contributed by atoms with Gasteiger partial charge in [-0.15, -0.1) is 0 Å². The van der Waals surface area contributed by atoms with Gasteiger partial charge in [0.05, 0.1) is 5.02 Å². The smallest absolute Gasteiger partial charge is 0.242 e. The molecule has 0 aliphatic rings. The van der Waals surface area contributed by atoms with Gasteiger partial charge in [-0.3, -0.25) is 0 Å². The highest BCUT2D eigenvalue weighted by Gasteiger charge is 2.17. The third-order valence-corrected chi connectivity index (χ3v) is 4.83. The van der Waals surface area contributed by atoms with Crippen molar-refractivity contribution in [2.75, 3.05) is 12.3 Å². The van der Waals surface area contributed by atoms with Gasteiger partial charge in [-0.1, -0.05) is 29.8 Å². The lowest BCUT2D eigenvalue weighted by Gasteiger charge is -2.09. The Morgan fingerprint density at radius 3 is 2.62 bits per heavy atom. The van der Waals surface area contributed by atoms with E-state index in [2.05, 4.69) is 4.72 Å². The molecule has 0 atom stereocenters. The second-order valence-corrected chi connectivity index (χ2v) is 6.57. The second kappa shape index (κ2) is 6.43. The Hall–Kier alpha value is -1.63. The molecule has 0 aliphatic heterocycles. The van der Waals surface area contributed by atoms with E-state index < -0.39 is 10.0 Å². The summed E-state index contributed by atoms with van der Waals surface area (Å²) in [6.45, 7) is 0.0639. The zero-order valence-corrected chi connectivity index (χ0v) is 12.6. The SMILES string of the molecule is Nc1ccc(Cl)c(S(=O)(=O)NCCc2ccccc2F)c1. The lowest BCUT2D eigenvalue weighted by atomic mass is 10.1. The maximum atomic E-state index is 13.4. The molecule has 112 valence electrons. The monoisotopic (exact) mass is 328 g/mol. The van der Waals surface area contributed by atoms with E-state index in [9.17, 15) is 12.8 Å². The van der Waals surface area contributed by atoms with Gasteiger partial charge in [-0.2, -0.15) is 0 Å². The first-order valence-corrected chi connectivity index (χ1v) is 8.04. The summed E-state index contributed by atoms with van der Waals surface area (Å²) in [5, 5.41) is 0.0857. The van der Waals surface area contributed by atoms with Crippen molar-refractivity contribution in [1.29, 1.82) is 0 Å². The molecule has 0 bridgehead atoms. The third kappa shape index (κ3) is 3.93. The summed E-state index contributed by atoms with van der Waals surface area (Å²) in [6, 6.07) is 10.4. The van der Waals surface area contributed by atoms with Crippen molar-refractivity contribution in [2.24, 2.45) is 0 Å². The number of nitrogens with one attached hydrogen (secondary N) is 1. The van der Waals surface area contributed by atoms with E-state index in [0.29, 0.717) is 11.3 Å². The molecule has 0 radical (unpaired) electrons. The van der Waals surface area contributed by atoms with Crippen LogP contribution in [0.2, 0.25) is 5.02 Å². The first kappa shape index (κ1) is 15.8. The highest BCUT2D eigenvalue weighted by molar-refractivity contribution is 7.89. The molecule has 21 heavy (non-hydrogen) atoms. The highest BCUT2D eigenvalue weighted by Crippen LogP contribution is 2.23. The minimum Gasteiger partial charge on any atom is -0.399 e. The van der Waals surface area contributed by atoms with Gasteiger partial charge >= 0.3 is 0 Å². The summed E-state index contributed by atoms with van der Waals surface area (Å²) in [5.41, 5.74) is 6.31. The Morgan fingerprint density at radius 1 is 1.19 bits per heavy atom. The topological polar surface area (TPSA) is 72.2 Å². The van der Waals surface area contributed by atoms with Crippen LogP contribution < -0.4 is 10.5 Å². The minimum absolute atomic E-state index is 0.0639. The second-order valence-electron chi connectivity index (χ2n) is 4.43. The predicted molar refractivity (Wildman–Crippen MR) is 81.2 cm³/mol. The molecule has 0 aliphatic carbocycles. The molecule has 3 N–H and O–H groups in total. The molecular formula is C14H14ClFN2O2S. The van der Waals surface area contributed by atoms with Crippen molar-refractivity contribution >= 4 is 27.3 Å². The van der Waals surface area contributed by atoms with Gasteiger partial charge in [0.2, 0.25) is 10.0 Å². The van der Waals surface area contributed by atoms with Gasteiger partial charge in [0.15, 0.2) is 0 Å². The van der Waals surface area contributed by atoms with Crippen molar-refractivity contribution in [2.45, 2.75) is 11.3 Å². The van der Waals surface area contributed by atoms with E-state index in [-0.39, 0.29) is 28.7 Å². The Balaban J connectivity index is 2.08. The molecule has 0 fully saturated rings. The summed E-state index contributed by atoms with van der Waals surface area (Å²) < 4.78 is 40.1. The number of benzene rings is 2. The first-order chi connectivity index (χ1) is 9.90. The molecule has 2 aromatic carbocycles. The van der Waals surface area contributed by atoms with E-state index in [4.69, 9.17) is 17.3 Å². The minimum atomic E-state index is -3.78. The molecule has 2 rings (SSSR count). The number of nitrogens with two attached hydrogens (primary N) is 1. The molecular weight excluding hydrogens is 315 g/mol. The molecule has 0 saturated carbocycles. The zero-order chi connectivity index (χ0) is 15.5. The molecule has 4 nitrogen and oxygen atoms in total. The Kier molecular flexibility index (Phi) is 4.82. The molecule has 0 amide bonds. The largest absolute Gasteiger partial charge is 0.399 e. The van der Waals surface area contributed by atoms with E-state index in [1.165, 1.54) is 24.3 Å². The van der Waals surface area contributed by atoms with Crippen LogP contribution in [0.3, 0.4) is 0 Å². The third-order valence-electron chi connectivity index (χ3n) is 2.89. The molecule has 0 heterocycles. The highest BCUT2D eigenvalue weighted by atomic mass is 35.5. The number of hydrogen-bond acceptors (Lipinski definition) is 3. The molecule has 7 heteroatoms. The molecule has 2 aromatic rings.